The van der Waals surface area contributed by atoms with Crippen molar-refractivity contribution in [2.45, 2.75) is 13.1 Å². The molecule has 3 heteroatoms. The summed E-state index contributed by atoms with van der Waals surface area (Å²) in [5.74, 6) is 0. The van der Waals surface area contributed by atoms with Crippen molar-refractivity contribution in [1.29, 1.82) is 0 Å². The number of nitrogens with zero attached hydrogens (tertiary/aromatic N) is 2. The second kappa shape index (κ2) is 6.53. The van der Waals surface area contributed by atoms with Crippen molar-refractivity contribution in [2.24, 2.45) is 9.98 Å². The average molecular weight is 463 g/mol. The number of aliphatic imine (C=N–C) groups is 2. The Hall–Kier alpha value is -4.08. The van der Waals surface area contributed by atoms with E-state index < -0.39 is 8.07 Å². The molecule has 0 unspecified atom stereocenters. The molecule has 4 aromatic carbocycles. The number of hydrogen-bond acceptors (Lipinski definition) is 2. The van der Waals surface area contributed by atoms with Gasteiger partial charge in [0.15, 0.2) is 8.07 Å². The zero-order valence-electron chi connectivity index (χ0n) is 19.6. The average Bonchev–Trinajstić information content (AvgIpc) is 3.64. The highest BCUT2D eigenvalue weighted by molar-refractivity contribution is 7.29. The minimum absolute atomic E-state index is 1.12. The molecule has 164 valence electrons. The Bertz CT molecular complexity index is 2030. The van der Waals surface area contributed by atoms with E-state index in [0.29, 0.717) is 0 Å². The van der Waals surface area contributed by atoms with Crippen molar-refractivity contribution in [3.63, 3.8) is 0 Å². The van der Waals surface area contributed by atoms with Crippen LogP contribution in [0.3, 0.4) is 0 Å². The van der Waals surface area contributed by atoms with Crippen LogP contribution in [0.15, 0.2) is 82.8 Å². The van der Waals surface area contributed by atoms with Gasteiger partial charge in [-0.05, 0) is 55.6 Å². The Morgan fingerprint density at radius 1 is 0.457 bits per heavy atom. The van der Waals surface area contributed by atoms with Gasteiger partial charge in [0.2, 0.25) is 0 Å². The van der Waals surface area contributed by atoms with Gasteiger partial charge in [0.05, 0.1) is 11.4 Å². The van der Waals surface area contributed by atoms with Crippen LogP contribution in [-0.2, 0) is 0 Å². The Balaban J connectivity index is 1.27. The van der Waals surface area contributed by atoms with Crippen LogP contribution in [0, 0.1) is 20.9 Å². The summed E-state index contributed by atoms with van der Waals surface area (Å²) in [7, 11) is -2.10. The van der Waals surface area contributed by atoms with Crippen LogP contribution in [0.5, 0.6) is 0 Å². The summed E-state index contributed by atoms with van der Waals surface area (Å²) in [4.78, 5) is 10.5. The lowest BCUT2D eigenvalue weighted by Crippen LogP contribution is -2.44. The topological polar surface area (TPSA) is 24.7 Å². The van der Waals surface area contributed by atoms with Crippen LogP contribution in [0.25, 0.3) is 24.3 Å². The molecule has 0 aromatic heterocycles. The fourth-order valence-electron chi connectivity index (χ4n) is 5.91. The van der Waals surface area contributed by atoms with Gasteiger partial charge in [0, 0.05) is 32.2 Å². The third-order valence-electron chi connectivity index (χ3n) is 7.93. The van der Waals surface area contributed by atoms with Crippen LogP contribution in [0.1, 0.15) is 11.1 Å². The normalized spacial score (nSPS) is 15.3. The third kappa shape index (κ3) is 2.53. The molecule has 0 saturated heterocycles. The van der Waals surface area contributed by atoms with E-state index >= 15 is 0 Å². The highest BCUT2D eigenvalue weighted by Crippen LogP contribution is 2.29. The molecule has 35 heavy (non-hydrogen) atoms. The molecule has 2 nitrogen and oxygen atoms in total. The molecule has 0 atom stereocenters. The first-order valence-corrected chi connectivity index (χ1v) is 15.2. The van der Waals surface area contributed by atoms with Crippen molar-refractivity contribution in [1.82, 2.24) is 0 Å². The lowest BCUT2D eigenvalue weighted by molar-refractivity contribution is 1.43. The lowest BCUT2D eigenvalue weighted by Gasteiger charge is -2.20. The standard InChI is InChI=1S/C32H22N2Si/c1-35(2,29-17-21-11-13-25-23-9-5-3-7-19(23)15-27(25)31(21)33-29)30-18-22-12-14-26-24-10-6-4-8-20(24)16-28(26)32(22)34-30/h3-18H,1-2H3. The SMILES string of the molecule is C[Si](C)(C1=Nc2c3c(ccc2=C1)=c1ccccc1=C3)C1=Nc2c3c(ccc2=C1)=c1ccccc1=C3. The molecular weight excluding hydrogens is 440 g/mol. The van der Waals surface area contributed by atoms with E-state index in [4.69, 9.17) is 9.98 Å². The highest BCUT2D eigenvalue weighted by Gasteiger charge is 2.36. The van der Waals surface area contributed by atoms with Crippen molar-refractivity contribution in [3.05, 3.63) is 126 Å². The first-order valence-electron chi connectivity index (χ1n) is 12.2. The summed E-state index contributed by atoms with van der Waals surface area (Å²) in [6.45, 7) is 4.76. The van der Waals surface area contributed by atoms with Crippen LogP contribution in [-0.4, -0.2) is 18.7 Å². The second-order valence-corrected chi connectivity index (χ2v) is 14.6. The summed E-state index contributed by atoms with van der Waals surface area (Å²) in [6.07, 6.45) is 9.21. The van der Waals surface area contributed by atoms with Crippen LogP contribution in [0.4, 0.5) is 11.4 Å². The first-order chi connectivity index (χ1) is 17.1. The van der Waals surface area contributed by atoms with Gasteiger partial charge >= 0.3 is 0 Å². The summed E-state index contributed by atoms with van der Waals surface area (Å²) < 4.78 is 0. The molecule has 0 bridgehead atoms. The van der Waals surface area contributed by atoms with Gasteiger partial charge in [-0.1, -0.05) is 85.9 Å². The molecule has 4 aromatic rings. The van der Waals surface area contributed by atoms with Crippen molar-refractivity contribution >= 4 is 54.4 Å². The summed E-state index contributed by atoms with van der Waals surface area (Å²) in [5, 5.41) is 12.6. The molecule has 0 radical (unpaired) electrons. The summed E-state index contributed by atoms with van der Waals surface area (Å²) in [5.41, 5.74) is 4.75. The summed E-state index contributed by atoms with van der Waals surface area (Å²) in [6, 6.07) is 26.2. The van der Waals surface area contributed by atoms with Gasteiger partial charge in [0.25, 0.3) is 0 Å². The van der Waals surface area contributed by atoms with Gasteiger partial charge in [-0.25, -0.2) is 0 Å². The van der Waals surface area contributed by atoms with E-state index in [1.54, 1.807) is 0 Å². The predicted molar refractivity (Wildman–Crippen MR) is 147 cm³/mol. The number of benzene rings is 4. The van der Waals surface area contributed by atoms with E-state index in [1.165, 1.54) is 63.5 Å². The molecule has 2 aliphatic heterocycles. The van der Waals surface area contributed by atoms with Gasteiger partial charge in [-0.15, -0.1) is 0 Å². The maximum atomic E-state index is 5.27. The van der Waals surface area contributed by atoms with Gasteiger partial charge in [-0.3, -0.25) is 9.98 Å². The smallest absolute Gasteiger partial charge is 0.158 e. The maximum Gasteiger partial charge on any atom is 0.158 e. The molecule has 0 fully saturated rings. The van der Waals surface area contributed by atoms with Crippen LogP contribution in [0.2, 0.25) is 13.1 Å². The third-order valence-corrected chi connectivity index (χ3v) is 11.0. The van der Waals surface area contributed by atoms with Crippen molar-refractivity contribution in [3.8, 4) is 0 Å². The van der Waals surface area contributed by atoms with Crippen molar-refractivity contribution < 1.29 is 0 Å². The molecule has 0 amide bonds. The first kappa shape index (κ1) is 19.2. The summed E-state index contributed by atoms with van der Waals surface area (Å²) >= 11 is 0. The molecular formula is C32H22N2Si. The fourth-order valence-corrected chi connectivity index (χ4v) is 7.99. The van der Waals surface area contributed by atoms with E-state index in [1.807, 2.05) is 0 Å². The van der Waals surface area contributed by atoms with E-state index in [9.17, 15) is 0 Å². The Labute approximate surface area is 203 Å². The quantitative estimate of drug-likeness (QED) is 0.350. The van der Waals surface area contributed by atoms with Gasteiger partial charge < -0.3 is 0 Å². The zero-order valence-corrected chi connectivity index (χ0v) is 20.6. The van der Waals surface area contributed by atoms with Gasteiger partial charge in [0.1, 0.15) is 0 Å². The predicted octanol–water partition coefficient (Wildman–Crippen LogP) is 3.77. The van der Waals surface area contributed by atoms with Crippen molar-refractivity contribution in [2.75, 3.05) is 0 Å². The van der Waals surface area contributed by atoms with Gasteiger partial charge in [-0.2, -0.15) is 0 Å². The van der Waals surface area contributed by atoms with E-state index in [-0.39, 0.29) is 0 Å². The molecule has 8 rings (SSSR count). The second-order valence-electron chi connectivity index (χ2n) is 10.3. The minimum Gasteiger partial charge on any atom is -0.256 e. The van der Waals surface area contributed by atoms with Crippen LogP contribution >= 0.6 is 0 Å². The molecule has 0 spiro atoms. The monoisotopic (exact) mass is 462 g/mol. The zero-order chi connectivity index (χ0) is 23.3. The Kier molecular flexibility index (Phi) is 3.59. The molecule has 0 N–H and O–H groups in total. The molecule has 2 aliphatic carbocycles. The largest absolute Gasteiger partial charge is 0.256 e. The highest BCUT2D eigenvalue weighted by atomic mass is 28.3. The molecule has 4 aliphatic rings. The fraction of sp³-hybridized carbons (Fsp3) is 0.0625. The Morgan fingerprint density at radius 3 is 1.40 bits per heavy atom. The molecule has 2 heterocycles. The number of hydrogen-bond donors (Lipinski definition) is 0. The molecule has 0 saturated carbocycles. The Morgan fingerprint density at radius 2 is 0.914 bits per heavy atom. The maximum absolute atomic E-state index is 5.27. The van der Waals surface area contributed by atoms with E-state index in [2.05, 4.69) is 110 Å². The lowest BCUT2D eigenvalue weighted by atomic mass is 10.1. The van der Waals surface area contributed by atoms with Crippen LogP contribution < -0.4 is 20.9 Å². The number of rotatable bonds is 2. The van der Waals surface area contributed by atoms with E-state index in [0.717, 1.165) is 11.4 Å². The number of fused-ring (bicyclic) bond motifs is 8. The minimum atomic E-state index is -2.10.